The van der Waals surface area contributed by atoms with Crippen molar-refractivity contribution in [3.63, 3.8) is 0 Å². The lowest BCUT2D eigenvalue weighted by Crippen LogP contribution is -2.35. The topological polar surface area (TPSA) is 62.4 Å². The Morgan fingerprint density at radius 1 is 1.04 bits per heavy atom. The minimum absolute atomic E-state index is 0.123. The summed E-state index contributed by atoms with van der Waals surface area (Å²) in [5.41, 5.74) is 0.901. The Kier molecular flexibility index (Phi) is 6.64. The summed E-state index contributed by atoms with van der Waals surface area (Å²) in [4.78, 5) is 11.8. The SMILES string of the molecule is CCOc1ccc(NC(=S)NCC(=O)Nc2ccc(F)c(F)c2)cc1. The number of carbonyl (C=O) groups excluding carboxylic acids is 1. The fourth-order valence-corrected chi connectivity index (χ4v) is 2.11. The third-order valence-corrected chi connectivity index (χ3v) is 3.28. The van der Waals surface area contributed by atoms with Crippen molar-refractivity contribution in [2.45, 2.75) is 6.92 Å². The number of benzene rings is 2. The first-order chi connectivity index (χ1) is 12.0. The highest BCUT2D eigenvalue weighted by molar-refractivity contribution is 7.80. The van der Waals surface area contributed by atoms with Gasteiger partial charge in [-0.15, -0.1) is 0 Å². The zero-order valence-electron chi connectivity index (χ0n) is 13.4. The van der Waals surface area contributed by atoms with Crippen molar-refractivity contribution in [1.29, 1.82) is 0 Å². The molecule has 0 aromatic heterocycles. The van der Waals surface area contributed by atoms with E-state index in [1.54, 1.807) is 24.3 Å². The van der Waals surface area contributed by atoms with Crippen molar-refractivity contribution >= 4 is 34.6 Å². The van der Waals surface area contributed by atoms with Crippen LogP contribution in [0, 0.1) is 11.6 Å². The van der Waals surface area contributed by atoms with Gasteiger partial charge in [0.05, 0.1) is 13.2 Å². The third-order valence-electron chi connectivity index (χ3n) is 3.04. The van der Waals surface area contributed by atoms with Crippen LogP contribution in [0.4, 0.5) is 20.2 Å². The molecule has 8 heteroatoms. The maximum absolute atomic E-state index is 13.1. The van der Waals surface area contributed by atoms with E-state index in [4.69, 9.17) is 17.0 Å². The molecule has 0 spiro atoms. The number of halogens is 2. The van der Waals surface area contributed by atoms with Gasteiger partial charge in [0.15, 0.2) is 16.7 Å². The van der Waals surface area contributed by atoms with Gasteiger partial charge in [-0.3, -0.25) is 4.79 Å². The molecule has 2 aromatic carbocycles. The zero-order valence-corrected chi connectivity index (χ0v) is 14.3. The van der Waals surface area contributed by atoms with E-state index < -0.39 is 17.5 Å². The molecule has 0 aliphatic heterocycles. The van der Waals surface area contributed by atoms with Crippen molar-refractivity contribution in [1.82, 2.24) is 5.32 Å². The molecule has 0 fully saturated rings. The maximum Gasteiger partial charge on any atom is 0.243 e. The molecule has 0 saturated carbocycles. The zero-order chi connectivity index (χ0) is 18.2. The minimum atomic E-state index is -1.03. The highest BCUT2D eigenvalue weighted by Crippen LogP contribution is 2.15. The monoisotopic (exact) mass is 365 g/mol. The van der Waals surface area contributed by atoms with Gasteiger partial charge in [-0.2, -0.15) is 0 Å². The van der Waals surface area contributed by atoms with E-state index >= 15 is 0 Å². The van der Waals surface area contributed by atoms with E-state index in [2.05, 4.69) is 16.0 Å². The number of hydrogen-bond acceptors (Lipinski definition) is 3. The Labute approximate surface area is 149 Å². The van der Waals surface area contributed by atoms with Crippen LogP contribution in [0.5, 0.6) is 5.75 Å². The molecule has 1 amide bonds. The van der Waals surface area contributed by atoms with Crippen LogP contribution in [-0.4, -0.2) is 24.2 Å². The van der Waals surface area contributed by atoms with Crippen LogP contribution in [0.3, 0.4) is 0 Å². The molecule has 0 bridgehead atoms. The number of thiocarbonyl (C=S) groups is 1. The van der Waals surface area contributed by atoms with Gasteiger partial charge in [0.2, 0.25) is 5.91 Å². The standard InChI is InChI=1S/C17H17F2N3O2S/c1-2-24-13-6-3-11(4-7-13)22-17(25)20-10-16(23)21-12-5-8-14(18)15(19)9-12/h3-9H,2,10H2,1H3,(H,21,23)(H2,20,22,25). The molecule has 2 rings (SSSR count). The van der Waals surface area contributed by atoms with Crippen LogP contribution in [-0.2, 0) is 4.79 Å². The van der Waals surface area contributed by atoms with Crippen molar-refractivity contribution in [3.05, 3.63) is 54.1 Å². The molecule has 0 heterocycles. The van der Waals surface area contributed by atoms with Gasteiger partial charge in [-0.1, -0.05) is 0 Å². The number of hydrogen-bond donors (Lipinski definition) is 3. The average Bonchev–Trinajstić information content (AvgIpc) is 2.58. The van der Waals surface area contributed by atoms with Crippen LogP contribution in [0.1, 0.15) is 6.92 Å². The summed E-state index contributed by atoms with van der Waals surface area (Å²) in [5.74, 6) is -1.70. The van der Waals surface area contributed by atoms with Gasteiger partial charge in [0, 0.05) is 17.4 Å². The fraction of sp³-hybridized carbons (Fsp3) is 0.176. The lowest BCUT2D eigenvalue weighted by molar-refractivity contribution is -0.115. The van der Waals surface area contributed by atoms with Gasteiger partial charge in [0.1, 0.15) is 5.75 Å². The molecule has 0 radical (unpaired) electrons. The lowest BCUT2D eigenvalue weighted by Gasteiger charge is -2.11. The Morgan fingerprint density at radius 2 is 1.72 bits per heavy atom. The van der Waals surface area contributed by atoms with Gasteiger partial charge >= 0.3 is 0 Å². The number of rotatable bonds is 6. The second-order valence-corrected chi connectivity index (χ2v) is 5.35. The third kappa shape index (κ3) is 6.00. The Balaban J connectivity index is 1.78. The average molecular weight is 365 g/mol. The molecule has 132 valence electrons. The van der Waals surface area contributed by atoms with E-state index in [0.29, 0.717) is 6.61 Å². The highest BCUT2D eigenvalue weighted by Gasteiger charge is 2.07. The Morgan fingerprint density at radius 3 is 2.36 bits per heavy atom. The van der Waals surface area contributed by atoms with Crippen LogP contribution in [0.2, 0.25) is 0 Å². The minimum Gasteiger partial charge on any atom is -0.494 e. The Hall–Kier alpha value is -2.74. The summed E-state index contributed by atoms with van der Waals surface area (Å²) < 4.78 is 31.3. The Bertz CT molecular complexity index is 754. The first-order valence-electron chi connectivity index (χ1n) is 7.50. The molecular formula is C17H17F2N3O2S. The normalized spacial score (nSPS) is 10.0. The molecule has 25 heavy (non-hydrogen) atoms. The van der Waals surface area contributed by atoms with Gasteiger partial charge in [0.25, 0.3) is 0 Å². The van der Waals surface area contributed by atoms with Gasteiger partial charge < -0.3 is 20.7 Å². The van der Waals surface area contributed by atoms with Crippen molar-refractivity contribution in [2.75, 3.05) is 23.8 Å². The largest absolute Gasteiger partial charge is 0.494 e. The molecule has 3 N–H and O–H groups in total. The summed E-state index contributed by atoms with van der Waals surface area (Å²) in [5, 5.41) is 8.34. The van der Waals surface area contributed by atoms with E-state index in [1.807, 2.05) is 6.92 Å². The maximum atomic E-state index is 13.1. The summed E-state index contributed by atoms with van der Waals surface area (Å²) in [6.07, 6.45) is 0. The van der Waals surface area contributed by atoms with Crippen molar-refractivity contribution in [2.24, 2.45) is 0 Å². The van der Waals surface area contributed by atoms with Crippen LogP contribution in [0.15, 0.2) is 42.5 Å². The summed E-state index contributed by atoms with van der Waals surface area (Å²) in [6.45, 7) is 2.36. The first kappa shape index (κ1) is 18.6. The number of anilines is 2. The van der Waals surface area contributed by atoms with Crippen molar-refractivity contribution in [3.8, 4) is 5.75 Å². The predicted octanol–water partition coefficient (Wildman–Crippen LogP) is 3.29. The molecule has 0 aliphatic carbocycles. The fourth-order valence-electron chi connectivity index (χ4n) is 1.92. The summed E-state index contributed by atoms with van der Waals surface area (Å²) in [6, 6.07) is 10.3. The molecule has 5 nitrogen and oxygen atoms in total. The number of amides is 1. The number of carbonyl (C=O) groups is 1. The number of nitrogens with one attached hydrogen (secondary N) is 3. The van der Waals surface area contributed by atoms with Crippen LogP contribution in [0.25, 0.3) is 0 Å². The lowest BCUT2D eigenvalue weighted by atomic mass is 10.3. The summed E-state index contributed by atoms with van der Waals surface area (Å²) >= 11 is 5.10. The van der Waals surface area contributed by atoms with E-state index in [0.717, 1.165) is 23.6 Å². The molecule has 0 saturated heterocycles. The first-order valence-corrected chi connectivity index (χ1v) is 7.91. The predicted molar refractivity (Wildman–Crippen MR) is 96.8 cm³/mol. The van der Waals surface area contributed by atoms with E-state index in [9.17, 15) is 13.6 Å². The molecule has 0 unspecified atom stereocenters. The quantitative estimate of drug-likeness (QED) is 0.686. The van der Waals surface area contributed by atoms with Crippen molar-refractivity contribution < 1.29 is 18.3 Å². The highest BCUT2D eigenvalue weighted by atomic mass is 32.1. The molecule has 0 aliphatic rings. The number of ether oxygens (including phenoxy) is 1. The van der Waals surface area contributed by atoms with Gasteiger partial charge in [-0.25, -0.2) is 8.78 Å². The molecule has 2 aromatic rings. The summed E-state index contributed by atoms with van der Waals surface area (Å²) in [7, 11) is 0. The smallest absolute Gasteiger partial charge is 0.243 e. The second-order valence-electron chi connectivity index (χ2n) is 4.94. The molecule has 0 atom stereocenters. The van der Waals surface area contributed by atoms with Crippen LogP contribution >= 0.6 is 12.2 Å². The van der Waals surface area contributed by atoms with E-state index in [-0.39, 0.29) is 17.3 Å². The van der Waals surface area contributed by atoms with Gasteiger partial charge in [-0.05, 0) is 55.5 Å². The van der Waals surface area contributed by atoms with Crippen LogP contribution < -0.4 is 20.7 Å². The molecular weight excluding hydrogens is 348 g/mol. The second kappa shape index (κ2) is 8.93. The van der Waals surface area contributed by atoms with E-state index in [1.165, 1.54) is 6.07 Å².